The molecule has 0 aliphatic carbocycles. The van der Waals surface area contributed by atoms with Crippen molar-refractivity contribution in [1.82, 2.24) is 9.97 Å². The van der Waals surface area contributed by atoms with Crippen molar-refractivity contribution in [3.05, 3.63) is 94.3 Å². The van der Waals surface area contributed by atoms with E-state index in [1.807, 2.05) is 77.9 Å². The fraction of sp³-hybridized carbons (Fsp3) is 0.400. The van der Waals surface area contributed by atoms with Gasteiger partial charge in [-0.3, -0.25) is 0 Å². The highest BCUT2D eigenvalue weighted by molar-refractivity contribution is 5.93. The smallest absolute Gasteiger partial charge is 0.340 e. The standard InChI is InChI=1S/2C20H24N2O4/c2*1-12-18-15(19(23)26-20(12,2)3)8-9-17(22-18)21-11-13-6-7-14(24-4)10-16(13)25-5/h2*6-10,12H,11H2,1-5H3,(H,21,22)/t12-;/m0./s1. The predicted molar refractivity (Wildman–Crippen MR) is 198 cm³/mol. The van der Waals surface area contributed by atoms with Gasteiger partial charge in [0.1, 0.15) is 45.8 Å². The normalized spacial score (nSPS) is 17.9. The number of aromatic nitrogens is 2. The molecular formula is C40H48N4O8. The van der Waals surface area contributed by atoms with E-state index in [9.17, 15) is 9.59 Å². The summed E-state index contributed by atoms with van der Waals surface area (Å²) in [6.07, 6.45) is 0. The first-order valence-electron chi connectivity index (χ1n) is 17.1. The Morgan fingerprint density at radius 1 is 0.596 bits per heavy atom. The van der Waals surface area contributed by atoms with Crippen LogP contribution in [0.15, 0.2) is 60.7 Å². The summed E-state index contributed by atoms with van der Waals surface area (Å²) >= 11 is 0. The minimum Gasteiger partial charge on any atom is -0.497 e. The van der Waals surface area contributed by atoms with E-state index in [0.717, 1.165) is 45.5 Å². The van der Waals surface area contributed by atoms with Crippen LogP contribution in [0.25, 0.3) is 0 Å². The number of cyclic esters (lactones) is 2. The number of carbonyl (C=O) groups excluding carboxylic acids is 2. The average Bonchev–Trinajstić information content (AvgIpc) is 3.14. The van der Waals surface area contributed by atoms with Gasteiger partial charge in [0.05, 0.1) is 51.0 Å². The van der Waals surface area contributed by atoms with Crippen molar-refractivity contribution in [3.8, 4) is 23.0 Å². The van der Waals surface area contributed by atoms with Crippen LogP contribution in [-0.4, -0.2) is 61.5 Å². The number of fused-ring (bicyclic) bond motifs is 2. The van der Waals surface area contributed by atoms with Gasteiger partial charge in [0.15, 0.2) is 0 Å². The van der Waals surface area contributed by atoms with Crippen LogP contribution >= 0.6 is 0 Å². The second-order valence-electron chi connectivity index (χ2n) is 13.8. The summed E-state index contributed by atoms with van der Waals surface area (Å²) in [6.45, 7) is 12.8. The van der Waals surface area contributed by atoms with Crippen molar-refractivity contribution in [3.63, 3.8) is 0 Å². The van der Waals surface area contributed by atoms with Gasteiger partial charge in [-0.1, -0.05) is 13.8 Å². The number of hydrogen-bond acceptors (Lipinski definition) is 12. The maximum absolute atomic E-state index is 12.2. The summed E-state index contributed by atoms with van der Waals surface area (Å²) in [4.78, 5) is 33.7. The van der Waals surface area contributed by atoms with Crippen LogP contribution in [0, 0.1) is 0 Å². The van der Waals surface area contributed by atoms with Gasteiger partial charge in [-0.25, -0.2) is 19.6 Å². The largest absolute Gasteiger partial charge is 0.497 e. The summed E-state index contributed by atoms with van der Waals surface area (Å²) in [5.41, 5.74) is 3.41. The molecule has 4 aromatic rings. The van der Waals surface area contributed by atoms with Crippen molar-refractivity contribution in [2.24, 2.45) is 0 Å². The van der Waals surface area contributed by atoms with Crippen LogP contribution in [0.2, 0.25) is 0 Å². The molecule has 0 saturated carbocycles. The van der Waals surface area contributed by atoms with E-state index in [4.69, 9.17) is 28.4 Å². The Kier molecular flexibility index (Phi) is 11.2. The lowest BCUT2D eigenvalue weighted by atomic mass is 9.84. The molecule has 12 heteroatoms. The third kappa shape index (κ3) is 8.01. The summed E-state index contributed by atoms with van der Waals surface area (Å²) < 4.78 is 32.3. The number of carbonyl (C=O) groups is 2. The number of nitrogens with one attached hydrogen (secondary N) is 2. The first kappa shape index (κ1) is 37.7. The molecule has 0 fully saturated rings. The van der Waals surface area contributed by atoms with Crippen LogP contribution < -0.4 is 29.6 Å². The highest BCUT2D eigenvalue weighted by atomic mass is 16.6. The quantitative estimate of drug-likeness (QED) is 0.157. The SMILES string of the molecule is COc1ccc(CNc2ccc3c(n2)C(C)C(C)(C)OC3=O)c(OC)c1.COc1ccc(CNc2ccc3c(n2)[C@H](C)C(C)(C)OC3=O)c(OC)c1. The number of benzene rings is 2. The maximum Gasteiger partial charge on any atom is 0.340 e. The molecule has 2 aromatic carbocycles. The Morgan fingerprint density at radius 3 is 1.33 bits per heavy atom. The number of esters is 2. The molecule has 2 aliphatic heterocycles. The molecule has 2 N–H and O–H groups in total. The van der Waals surface area contributed by atoms with E-state index in [-0.39, 0.29) is 23.8 Å². The Bertz CT molecular complexity index is 1800. The molecule has 0 bridgehead atoms. The molecule has 276 valence electrons. The molecule has 0 saturated heterocycles. The van der Waals surface area contributed by atoms with E-state index < -0.39 is 11.2 Å². The van der Waals surface area contributed by atoms with Crippen LogP contribution in [0.3, 0.4) is 0 Å². The number of hydrogen-bond donors (Lipinski definition) is 2. The monoisotopic (exact) mass is 712 g/mol. The third-order valence-corrected chi connectivity index (χ3v) is 9.82. The average molecular weight is 713 g/mol. The molecule has 0 radical (unpaired) electrons. The molecule has 12 nitrogen and oxygen atoms in total. The number of ether oxygens (including phenoxy) is 6. The zero-order valence-electron chi connectivity index (χ0n) is 31.5. The van der Waals surface area contributed by atoms with Crippen LogP contribution in [-0.2, 0) is 22.6 Å². The minimum atomic E-state index is -0.574. The first-order valence-corrected chi connectivity index (χ1v) is 17.1. The zero-order chi connectivity index (χ0) is 37.8. The van der Waals surface area contributed by atoms with Crippen molar-refractivity contribution in [1.29, 1.82) is 0 Å². The van der Waals surface area contributed by atoms with Gasteiger partial charge in [-0.2, -0.15) is 0 Å². The molecule has 2 aliphatic rings. The topological polar surface area (TPSA) is 139 Å². The van der Waals surface area contributed by atoms with E-state index in [1.54, 1.807) is 52.7 Å². The van der Waals surface area contributed by atoms with Gasteiger partial charge in [0, 0.05) is 48.2 Å². The third-order valence-electron chi connectivity index (χ3n) is 9.82. The van der Waals surface area contributed by atoms with Gasteiger partial charge in [-0.05, 0) is 76.2 Å². The lowest BCUT2D eigenvalue weighted by molar-refractivity contribution is -0.0199. The number of pyridine rings is 2. The number of methoxy groups -OCH3 is 4. The lowest BCUT2D eigenvalue weighted by Gasteiger charge is -2.36. The van der Waals surface area contributed by atoms with E-state index in [0.29, 0.717) is 35.9 Å². The molecule has 2 atom stereocenters. The summed E-state index contributed by atoms with van der Waals surface area (Å²) in [7, 11) is 6.50. The van der Waals surface area contributed by atoms with E-state index in [1.165, 1.54) is 0 Å². The fourth-order valence-corrected chi connectivity index (χ4v) is 5.94. The highest BCUT2D eigenvalue weighted by Crippen LogP contribution is 2.39. The van der Waals surface area contributed by atoms with Gasteiger partial charge in [0.25, 0.3) is 0 Å². The molecule has 2 aromatic heterocycles. The Hall–Kier alpha value is -5.52. The molecule has 0 spiro atoms. The van der Waals surface area contributed by atoms with Gasteiger partial charge in [-0.15, -0.1) is 0 Å². The van der Waals surface area contributed by atoms with Crippen molar-refractivity contribution in [2.75, 3.05) is 39.1 Å². The number of anilines is 2. The molecular weight excluding hydrogens is 664 g/mol. The molecule has 1 unspecified atom stereocenters. The van der Waals surface area contributed by atoms with Crippen LogP contribution in [0.1, 0.15) is 96.6 Å². The van der Waals surface area contributed by atoms with Gasteiger partial charge >= 0.3 is 11.9 Å². The summed E-state index contributed by atoms with van der Waals surface area (Å²) in [6, 6.07) is 18.5. The van der Waals surface area contributed by atoms with E-state index >= 15 is 0 Å². The number of rotatable bonds is 10. The van der Waals surface area contributed by atoms with Crippen LogP contribution in [0.5, 0.6) is 23.0 Å². The van der Waals surface area contributed by atoms with Crippen molar-refractivity contribution >= 4 is 23.6 Å². The fourth-order valence-electron chi connectivity index (χ4n) is 5.94. The lowest BCUT2D eigenvalue weighted by Crippen LogP contribution is -2.39. The summed E-state index contributed by atoms with van der Waals surface area (Å²) in [5, 5.41) is 6.60. The van der Waals surface area contributed by atoms with Crippen molar-refractivity contribution in [2.45, 2.75) is 77.7 Å². The van der Waals surface area contributed by atoms with E-state index in [2.05, 4.69) is 20.6 Å². The summed E-state index contributed by atoms with van der Waals surface area (Å²) in [5.74, 6) is 3.76. The zero-order valence-corrected chi connectivity index (χ0v) is 31.5. The number of nitrogens with zero attached hydrogens (tertiary/aromatic N) is 2. The Morgan fingerprint density at radius 2 is 0.981 bits per heavy atom. The first-order chi connectivity index (χ1) is 24.7. The predicted octanol–water partition coefficient (Wildman–Crippen LogP) is 7.53. The molecule has 0 amide bonds. The second-order valence-corrected chi connectivity index (χ2v) is 13.8. The second kappa shape index (κ2) is 15.4. The van der Waals surface area contributed by atoms with Crippen molar-refractivity contribution < 1.29 is 38.0 Å². The molecule has 4 heterocycles. The van der Waals surface area contributed by atoms with Gasteiger partial charge < -0.3 is 39.1 Å². The Balaban J connectivity index is 0.000000201. The van der Waals surface area contributed by atoms with Crippen LogP contribution in [0.4, 0.5) is 11.6 Å². The maximum atomic E-state index is 12.2. The van der Waals surface area contributed by atoms with Gasteiger partial charge in [0.2, 0.25) is 0 Å². The molecule has 6 rings (SSSR count). The minimum absolute atomic E-state index is 0.00692. The molecule has 52 heavy (non-hydrogen) atoms. The Labute approximate surface area is 305 Å². The highest BCUT2D eigenvalue weighted by Gasteiger charge is 2.41.